The predicted octanol–water partition coefficient (Wildman–Crippen LogP) is 2.44. The van der Waals surface area contributed by atoms with Crippen molar-refractivity contribution in [1.29, 1.82) is 0 Å². The second-order valence-electron chi connectivity index (χ2n) is 3.34. The maximum Gasteiger partial charge on any atom is 0.339 e. The number of hydrogen-bond donors (Lipinski definition) is 1. The van der Waals surface area contributed by atoms with Gasteiger partial charge in [-0.1, -0.05) is 6.58 Å². The Bertz CT molecular complexity index is 398. The zero-order valence-electron chi connectivity index (χ0n) is 9.53. The lowest BCUT2D eigenvalue weighted by molar-refractivity contribution is 0.0693. The molecule has 4 nitrogen and oxygen atoms in total. The Kier molecular flexibility index (Phi) is 3.55. The van der Waals surface area contributed by atoms with Gasteiger partial charge in [-0.2, -0.15) is 0 Å². The molecule has 1 aromatic carbocycles. The number of carbonyl (C=O) groups is 1. The van der Waals surface area contributed by atoms with Gasteiger partial charge in [-0.3, -0.25) is 0 Å². The highest BCUT2D eigenvalue weighted by Crippen LogP contribution is 2.32. The first-order valence-corrected chi connectivity index (χ1v) is 4.66. The molecule has 0 radical (unpaired) electrons. The van der Waals surface area contributed by atoms with E-state index in [1.165, 1.54) is 20.3 Å². The number of ether oxygens (including phenoxy) is 2. The summed E-state index contributed by atoms with van der Waals surface area (Å²) in [6.45, 7) is 5.56. The van der Waals surface area contributed by atoms with Gasteiger partial charge in [0.25, 0.3) is 0 Å². The molecule has 0 atom stereocenters. The summed E-state index contributed by atoms with van der Waals surface area (Å²) in [7, 11) is 2.93. The highest BCUT2D eigenvalue weighted by atomic mass is 16.5. The van der Waals surface area contributed by atoms with Crippen LogP contribution in [0.15, 0.2) is 18.7 Å². The van der Waals surface area contributed by atoms with E-state index in [9.17, 15) is 4.79 Å². The fourth-order valence-electron chi connectivity index (χ4n) is 1.40. The summed E-state index contributed by atoms with van der Waals surface area (Å²) in [5.41, 5.74) is 1.50. The summed E-state index contributed by atoms with van der Waals surface area (Å²) in [5, 5.41) is 9.02. The molecule has 0 bridgehead atoms. The lowest BCUT2D eigenvalue weighted by Gasteiger charge is -2.12. The lowest BCUT2D eigenvalue weighted by atomic mass is 10.0. The standard InChI is InChI=1S/C12H14O4/c1-7(2)8-5-9(12(13)14)11(16-4)6-10(8)15-3/h5-6H,1H2,2-4H3,(H,13,14). The molecule has 16 heavy (non-hydrogen) atoms. The van der Waals surface area contributed by atoms with E-state index in [2.05, 4.69) is 6.58 Å². The van der Waals surface area contributed by atoms with E-state index in [0.29, 0.717) is 11.3 Å². The summed E-state index contributed by atoms with van der Waals surface area (Å²) in [6.07, 6.45) is 0. The predicted molar refractivity (Wildman–Crippen MR) is 61.2 cm³/mol. The Balaban J connectivity index is 3.46. The minimum absolute atomic E-state index is 0.0984. The van der Waals surface area contributed by atoms with Crippen molar-refractivity contribution in [3.63, 3.8) is 0 Å². The van der Waals surface area contributed by atoms with Crippen LogP contribution < -0.4 is 9.47 Å². The maximum absolute atomic E-state index is 11.0. The maximum atomic E-state index is 11.0. The van der Waals surface area contributed by atoms with Crippen molar-refractivity contribution in [1.82, 2.24) is 0 Å². The highest BCUT2D eigenvalue weighted by molar-refractivity contribution is 5.93. The molecule has 1 aromatic rings. The van der Waals surface area contributed by atoms with Gasteiger partial charge >= 0.3 is 5.97 Å². The van der Waals surface area contributed by atoms with Gasteiger partial charge in [-0.15, -0.1) is 0 Å². The van der Waals surface area contributed by atoms with E-state index in [-0.39, 0.29) is 11.3 Å². The first-order chi connectivity index (χ1) is 7.51. The third kappa shape index (κ3) is 2.16. The Morgan fingerprint density at radius 1 is 1.19 bits per heavy atom. The molecule has 4 heteroatoms. The van der Waals surface area contributed by atoms with Crippen LogP contribution in [0.3, 0.4) is 0 Å². The number of aromatic carboxylic acids is 1. The Morgan fingerprint density at radius 2 is 1.69 bits per heavy atom. The van der Waals surface area contributed by atoms with Crippen LogP contribution in [-0.2, 0) is 0 Å². The first kappa shape index (κ1) is 12.1. The number of hydrogen-bond acceptors (Lipinski definition) is 3. The lowest BCUT2D eigenvalue weighted by Crippen LogP contribution is -2.03. The molecule has 0 spiro atoms. The number of allylic oxidation sites excluding steroid dienone is 1. The molecule has 0 amide bonds. The molecule has 0 saturated heterocycles. The second kappa shape index (κ2) is 4.70. The third-order valence-electron chi connectivity index (χ3n) is 2.21. The van der Waals surface area contributed by atoms with Gasteiger partial charge in [-0.25, -0.2) is 4.79 Å². The molecule has 0 unspecified atom stereocenters. The van der Waals surface area contributed by atoms with Crippen LogP contribution in [0, 0.1) is 0 Å². The van der Waals surface area contributed by atoms with Crippen LogP contribution in [-0.4, -0.2) is 25.3 Å². The van der Waals surface area contributed by atoms with Gasteiger partial charge < -0.3 is 14.6 Å². The monoisotopic (exact) mass is 222 g/mol. The van der Waals surface area contributed by atoms with Crippen LogP contribution in [0.4, 0.5) is 0 Å². The summed E-state index contributed by atoms with van der Waals surface area (Å²) in [4.78, 5) is 11.0. The van der Waals surface area contributed by atoms with Gasteiger partial charge in [0.2, 0.25) is 0 Å². The smallest absolute Gasteiger partial charge is 0.339 e. The zero-order chi connectivity index (χ0) is 12.3. The minimum atomic E-state index is -1.04. The van der Waals surface area contributed by atoms with E-state index in [1.54, 1.807) is 13.0 Å². The molecule has 0 aliphatic carbocycles. The number of carboxylic acids is 1. The molecule has 0 aliphatic rings. The average molecular weight is 222 g/mol. The topological polar surface area (TPSA) is 55.8 Å². The molecule has 0 aliphatic heterocycles. The van der Waals surface area contributed by atoms with Crippen LogP contribution in [0.1, 0.15) is 22.8 Å². The third-order valence-corrected chi connectivity index (χ3v) is 2.21. The van der Waals surface area contributed by atoms with Gasteiger partial charge in [0.15, 0.2) is 0 Å². The van der Waals surface area contributed by atoms with Gasteiger partial charge in [0, 0.05) is 11.6 Å². The van der Waals surface area contributed by atoms with Crippen molar-refractivity contribution in [2.45, 2.75) is 6.92 Å². The SMILES string of the molecule is C=C(C)c1cc(C(=O)O)c(OC)cc1OC. The van der Waals surface area contributed by atoms with Gasteiger partial charge in [0.1, 0.15) is 17.1 Å². The fourth-order valence-corrected chi connectivity index (χ4v) is 1.40. The van der Waals surface area contributed by atoms with Crippen LogP contribution in [0.5, 0.6) is 11.5 Å². The van der Waals surface area contributed by atoms with E-state index in [0.717, 1.165) is 5.57 Å². The molecule has 1 rings (SSSR count). The average Bonchev–Trinajstić information content (AvgIpc) is 2.26. The van der Waals surface area contributed by atoms with Crippen molar-refractivity contribution in [3.8, 4) is 11.5 Å². The van der Waals surface area contributed by atoms with Crippen molar-refractivity contribution in [3.05, 3.63) is 29.8 Å². The summed E-state index contributed by atoms with van der Waals surface area (Å²) in [6, 6.07) is 3.05. The Hall–Kier alpha value is -1.97. The highest BCUT2D eigenvalue weighted by Gasteiger charge is 2.16. The van der Waals surface area contributed by atoms with Crippen molar-refractivity contribution >= 4 is 11.5 Å². The molecule has 1 N–H and O–H groups in total. The molecule has 0 heterocycles. The number of carboxylic acid groups (broad SMARTS) is 1. The number of rotatable bonds is 4. The van der Waals surface area contributed by atoms with Gasteiger partial charge in [0.05, 0.1) is 14.2 Å². The van der Waals surface area contributed by atoms with Crippen LogP contribution >= 0.6 is 0 Å². The summed E-state index contributed by atoms with van der Waals surface area (Å²) >= 11 is 0. The van der Waals surface area contributed by atoms with E-state index < -0.39 is 5.97 Å². The van der Waals surface area contributed by atoms with Crippen molar-refractivity contribution < 1.29 is 19.4 Å². The van der Waals surface area contributed by atoms with Crippen molar-refractivity contribution in [2.75, 3.05) is 14.2 Å². The zero-order valence-corrected chi connectivity index (χ0v) is 9.53. The van der Waals surface area contributed by atoms with E-state index in [4.69, 9.17) is 14.6 Å². The second-order valence-corrected chi connectivity index (χ2v) is 3.34. The van der Waals surface area contributed by atoms with E-state index >= 15 is 0 Å². The largest absolute Gasteiger partial charge is 0.496 e. The number of methoxy groups -OCH3 is 2. The van der Waals surface area contributed by atoms with Crippen molar-refractivity contribution in [2.24, 2.45) is 0 Å². The normalized spacial score (nSPS) is 9.69. The molecule has 86 valence electrons. The van der Waals surface area contributed by atoms with Crippen LogP contribution in [0.25, 0.3) is 5.57 Å². The molecule has 0 saturated carbocycles. The van der Waals surface area contributed by atoms with E-state index in [1.807, 2.05) is 0 Å². The van der Waals surface area contributed by atoms with Crippen LogP contribution in [0.2, 0.25) is 0 Å². The Morgan fingerprint density at radius 3 is 2.06 bits per heavy atom. The summed E-state index contributed by atoms with van der Waals surface area (Å²) < 4.78 is 10.1. The van der Waals surface area contributed by atoms with Gasteiger partial charge in [-0.05, 0) is 18.6 Å². The molecular weight excluding hydrogens is 208 g/mol. The summed E-state index contributed by atoms with van der Waals surface area (Å²) in [5.74, 6) is -0.217. The molecule has 0 aromatic heterocycles. The fraction of sp³-hybridized carbons (Fsp3) is 0.250. The Labute approximate surface area is 94.1 Å². The first-order valence-electron chi connectivity index (χ1n) is 4.66. The quantitative estimate of drug-likeness (QED) is 0.850. The minimum Gasteiger partial charge on any atom is -0.496 e. The number of benzene rings is 1. The molecular formula is C12H14O4. The molecule has 0 fully saturated rings.